The van der Waals surface area contributed by atoms with Gasteiger partial charge in [0, 0.05) is 60.2 Å². The zero-order chi connectivity index (χ0) is 22.0. The number of hydrogen-bond donors (Lipinski definition) is 0. The highest BCUT2D eigenvalue weighted by atomic mass is 15.3. The predicted molar refractivity (Wildman–Crippen MR) is 123 cm³/mol. The molecule has 0 saturated heterocycles. The van der Waals surface area contributed by atoms with Gasteiger partial charge in [-0.15, -0.1) is 0 Å². The van der Waals surface area contributed by atoms with E-state index >= 15 is 0 Å². The highest BCUT2D eigenvalue weighted by molar-refractivity contribution is 5.83. The Labute approximate surface area is 186 Å². The summed E-state index contributed by atoms with van der Waals surface area (Å²) >= 11 is 0. The van der Waals surface area contributed by atoms with Gasteiger partial charge in [-0.05, 0) is 24.1 Å². The molecule has 1 aliphatic carbocycles. The van der Waals surface area contributed by atoms with Crippen LogP contribution in [-0.4, -0.2) is 24.3 Å². The monoisotopic (exact) mass is 418 g/mol. The first-order chi connectivity index (χ1) is 15.5. The van der Waals surface area contributed by atoms with E-state index in [0.717, 1.165) is 40.3 Å². The topological polar surface area (TPSA) is 72.3 Å². The number of nitriles is 1. The molecule has 6 heteroatoms. The van der Waals surface area contributed by atoms with Gasteiger partial charge in [0.05, 0.1) is 17.9 Å². The van der Waals surface area contributed by atoms with Crippen molar-refractivity contribution < 1.29 is 0 Å². The average Bonchev–Trinajstić information content (AvgIpc) is 3.49. The minimum absolute atomic E-state index is 0.191. The maximum atomic E-state index is 9.89. The van der Waals surface area contributed by atoms with Crippen molar-refractivity contribution in [2.24, 2.45) is 7.05 Å². The fourth-order valence-corrected chi connectivity index (χ4v) is 5.14. The van der Waals surface area contributed by atoms with E-state index in [2.05, 4.69) is 54.8 Å². The van der Waals surface area contributed by atoms with Crippen molar-refractivity contribution in [3.8, 4) is 28.6 Å². The third-order valence-electron chi connectivity index (χ3n) is 6.73. The number of nitrogens with zero attached hydrogens (tertiary/aromatic N) is 6. The van der Waals surface area contributed by atoms with Gasteiger partial charge in [0.2, 0.25) is 0 Å². The minimum Gasteiger partial charge on any atom is -0.325 e. The predicted octanol–water partition coefficient (Wildman–Crippen LogP) is 4.63. The van der Waals surface area contributed by atoms with Crippen molar-refractivity contribution in [3.05, 3.63) is 82.7 Å². The molecule has 6 rings (SSSR count). The Morgan fingerprint density at radius 1 is 1.12 bits per heavy atom. The summed E-state index contributed by atoms with van der Waals surface area (Å²) < 4.78 is 3.80. The van der Waals surface area contributed by atoms with Crippen LogP contribution in [0.3, 0.4) is 0 Å². The Morgan fingerprint density at radius 2 is 2.00 bits per heavy atom. The van der Waals surface area contributed by atoms with Crippen LogP contribution in [0.4, 0.5) is 0 Å². The van der Waals surface area contributed by atoms with Gasteiger partial charge in [0.1, 0.15) is 17.6 Å². The Balaban J connectivity index is 1.70. The van der Waals surface area contributed by atoms with Crippen LogP contribution in [0.2, 0.25) is 0 Å². The second-order valence-corrected chi connectivity index (χ2v) is 8.68. The SMILES string of the molecule is Cc1ccc2c(c1)[C@@H](C)C1=CCc3ncc(cc31)-c1c(nn(C)c1C#N)Cn1ccnc1-2. The molecule has 2 bridgehead atoms. The summed E-state index contributed by atoms with van der Waals surface area (Å²) in [7, 11) is 1.82. The lowest BCUT2D eigenvalue weighted by molar-refractivity contribution is 0.703. The molecule has 0 radical (unpaired) electrons. The Hall–Kier alpha value is -3.98. The fraction of sp³-hybridized carbons (Fsp3) is 0.231. The van der Waals surface area contributed by atoms with Crippen LogP contribution in [0, 0.1) is 18.3 Å². The van der Waals surface area contributed by atoms with Crippen LogP contribution in [-0.2, 0) is 20.0 Å². The normalized spacial score (nSPS) is 16.2. The van der Waals surface area contributed by atoms with E-state index in [1.165, 1.54) is 22.3 Å². The molecule has 0 unspecified atom stereocenters. The van der Waals surface area contributed by atoms with Crippen LogP contribution in [0.15, 0.2) is 48.9 Å². The van der Waals surface area contributed by atoms with E-state index < -0.39 is 0 Å². The maximum absolute atomic E-state index is 9.89. The van der Waals surface area contributed by atoms with Gasteiger partial charge in [-0.3, -0.25) is 9.67 Å². The van der Waals surface area contributed by atoms with Gasteiger partial charge < -0.3 is 4.57 Å². The van der Waals surface area contributed by atoms with Crippen molar-refractivity contribution in [2.75, 3.05) is 0 Å². The van der Waals surface area contributed by atoms with Crippen LogP contribution in [0.5, 0.6) is 0 Å². The summed E-state index contributed by atoms with van der Waals surface area (Å²) in [5.74, 6) is 1.11. The average molecular weight is 419 g/mol. The highest BCUT2D eigenvalue weighted by Crippen LogP contribution is 2.43. The molecule has 1 aliphatic heterocycles. The summed E-state index contributed by atoms with van der Waals surface area (Å²) in [6.07, 6.45) is 8.84. The third kappa shape index (κ3) is 2.61. The molecule has 3 aromatic heterocycles. The number of hydrogen-bond acceptors (Lipinski definition) is 4. The lowest BCUT2D eigenvalue weighted by atomic mass is 9.85. The van der Waals surface area contributed by atoms with Gasteiger partial charge in [0.15, 0.2) is 0 Å². The molecule has 0 saturated carbocycles. The van der Waals surface area contributed by atoms with Crippen molar-refractivity contribution in [1.82, 2.24) is 24.3 Å². The lowest BCUT2D eigenvalue weighted by Crippen LogP contribution is -2.08. The molecule has 4 heterocycles. The molecule has 0 amide bonds. The molecule has 6 nitrogen and oxygen atoms in total. The standard InChI is InChI=1S/C26H22N6/c1-15-4-5-19-20(10-15)16(2)18-6-7-22-21(18)11-17(13-29-22)25-23(30-31(3)24(25)12-27)14-32-9-8-28-26(19)32/h4-6,8-11,13,16H,7,14H2,1-3H3/t16-/m0/s1. The third-order valence-corrected chi connectivity index (χ3v) is 6.73. The molecule has 4 aromatic rings. The number of fused-ring (bicyclic) bond motifs is 6. The van der Waals surface area contributed by atoms with Crippen molar-refractivity contribution in [3.63, 3.8) is 0 Å². The number of aryl methyl sites for hydroxylation is 2. The number of allylic oxidation sites excluding steroid dienone is 2. The van der Waals surface area contributed by atoms with E-state index in [1.807, 2.05) is 25.6 Å². The number of benzene rings is 1. The molecular weight excluding hydrogens is 396 g/mol. The van der Waals surface area contributed by atoms with Crippen molar-refractivity contribution >= 4 is 5.57 Å². The first kappa shape index (κ1) is 18.8. The van der Waals surface area contributed by atoms with Crippen molar-refractivity contribution in [1.29, 1.82) is 5.26 Å². The zero-order valence-electron chi connectivity index (χ0n) is 18.3. The summed E-state index contributed by atoms with van der Waals surface area (Å²) in [6.45, 7) is 4.93. The van der Waals surface area contributed by atoms with Crippen molar-refractivity contribution in [2.45, 2.75) is 32.7 Å². The number of imidazole rings is 1. The number of rotatable bonds is 0. The molecule has 32 heavy (non-hydrogen) atoms. The highest BCUT2D eigenvalue weighted by Gasteiger charge is 2.28. The molecule has 156 valence electrons. The summed E-state index contributed by atoms with van der Waals surface area (Å²) in [6, 6.07) is 11.1. The molecule has 2 aliphatic rings. The molecular formula is C26H22N6. The zero-order valence-corrected chi connectivity index (χ0v) is 18.3. The smallest absolute Gasteiger partial charge is 0.146 e. The largest absolute Gasteiger partial charge is 0.325 e. The first-order valence-electron chi connectivity index (χ1n) is 10.8. The summed E-state index contributed by atoms with van der Waals surface area (Å²) in [5, 5.41) is 14.6. The van der Waals surface area contributed by atoms with E-state index in [4.69, 9.17) is 15.1 Å². The van der Waals surface area contributed by atoms with Crippen LogP contribution >= 0.6 is 0 Å². The van der Waals surface area contributed by atoms with Crippen LogP contribution < -0.4 is 0 Å². The maximum Gasteiger partial charge on any atom is 0.146 e. The van der Waals surface area contributed by atoms with Gasteiger partial charge >= 0.3 is 0 Å². The fourth-order valence-electron chi connectivity index (χ4n) is 5.14. The molecule has 0 fully saturated rings. The molecule has 1 aromatic carbocycles. The van der Waals surface area contributed by atoms with E-state index in [0.29, 0.717) is 12.2 Å². The Morgan fingerprint density at radius 3 is 2.84 bits per heavy atom. The van der Waals surface area contributed by atoms with Gasteiger partial charge in [-0.25, -0.2) is 4.98 Å². The van der Waals surface area contributed by atoms with Crippen LogP contribution in [0.25, 0.3) is 28.1 Å². The Bertz CT molecular complexity index is 1480. The molecule has 0 N–H and O–H groups in total. The molecule has 0 spiro atoms. The van der Waals surface area contributed by atoms with E-state index in [-0.39, 0.29) is 5.92 Å². The number of aromatic nitrogens is 5. The van der Waals surface area contributed by atoms with Gasteiger partial charge in [-0.2, -0.15) is 10.4 Å². The summed E-state index contributed by atoms with van der Waals surface area (Å²) in [4.78, 5) is 9.53. The minimum atomic E-state index is 0.191. The summed E-state index contributed by atoms with van der Waals surface area (Å²) in [5.41, 5.74) is 10.4. The van der Waals surface area contributed by atoms with Gasteiger partial charge in [-0.1, -0.05) is 36.8 Å². The first-order valence-corrected chi connectivity index (χ1v) is 10.8. The lowest BCUT2D eigenvalue weighted by Gasteiger charge is -2.21. The van der Waals surface area contributed by atoms with Gasteiger partial charge in [0.25, 0.3) is 0 Å². The van der Waals surface area contributed by atoms with E-state index in [9.17, 15) is 5.26 Å². The second-order valence-electron chi connectivity index (χ2n) is 8.68. The number of pyridine rings is 1. The quantitative estimate of drug-likeness (QED) is 0.417. The molecule has 1 atom stereocenters. The van der Waals surface area contributed by atoms with E-state index in [1.54, 1.807) is 4.68 Å². The van der Waals surface area contributed by atoms with Crippen LogP contribution in [0.1, 0.15) is 46.6 Å². The second kappa shape index (κ2) is 6.76. The Kier molecular flexibility index (Phi) is 3.96.